The van der Waals surface area contributed by atoms with Crippen LogP contribution in [0, 0.1) is 10.1 Å². The molecule has 1 saturated carbocycles. The average Bonchev–Trinajstić information content (AvgIpc) is 2.48. The summed E-state index contributed by atoms with van der Waals surface area (Å²) < 4.78 is 0. The molecule has 7 heteroatoms. The molecule has 21 heavy (non-hydrogen) atoms. The number of amides is 1. The van der Waals surface area contributed by atoms with Crippen LogP contribution in [0.3, 0.4) is 0 Å². The van der Waals surface area contributed by atoms with Gasteiger partial charge in [-0.05, 0) is 37.2 Å². The lowest BCUT2D eigenvalue weighted by molar-refractivity contribution is -0.384. The molecule has 0 radical (unpaired) electrons. The summed E-state index contributed by atoms with van der Waals surface area (Å²) in [7, 11) is 0. The number of carbonyl (C=O) groups is 1. The summed E-state index contributed by atoms with van der Waals surface area (Å²) in [5.74, 6) is -0.363. The number of rotatable bonds is 3. The van der Waals surface area contributed by atoms with Crippen LogP contribution in [0.1, 0.15) is 42.5 Å². The Morgan fingerprint density at radius 3 is 2.38 bits per heavy atom. The van der Waals surface area contributed by atoms with E-state index in [4.69, 9.17) is 12.2 Å². The molecule has 0 unspecified atom stereocenters. The van der Waals surface area contributed by atoms with Gasteiger partial charge >= 0.3 is 0 Å². The second-order valence-electron chi connectivity index (χ2n) is 5.07. The molecule has 1 aliphatic rings. The fraction of sp³-hybridized carbons (Fsp3) is 0.429. The van der Waals surface area contributed by atoms with Crippen molar-refractivity contribution < 1.29 is 9.72 Å². The number of non-ortho nitro benzene ring substituents is 1. The molecule has 2 N–H and O–H groups in total. The summed E-state index contributed by atoms with van der Waals surface area (Å²) in [6, 6.07) is 5.75. The lowest BCUT2D eigenvalue weighted by Gasteiger charge is -2.24. The molecule has 0 bridgehead atoms. The predicted octanol–water partition coefficient (Wildman–Crippen LogP) is 2.53. The van der Waals surface area contributed by atoms with E-state index in [0.29, 0.717) is 16.7 Å². The number of benzene rings is 1. The molecular weight excluding hydrogens is 290 g/mol. The molecule has 1 fully saturated rings. The van der Waals surface area contributed by atoms with Crippen molar-refractivity contribution in [1.29, 1.82) is 0 Å². The number of nitro benzene ring substituents is 1. The fourth-order valence-electron chi connectivity index (χ4n) is 2.38. The van der Waals surface area contributed by atoms with Gasteiger partial charge in [0.15, 0.2) is 5.11 Å². The molecule has 1 aromatic carbocycles. The highest BCUT2D eigenvalue weighted by molar-refractivity contribution is 7.80. The van der Waals surface area contributed by atoms with E-state index in [1.807, 2.05) is 0 Å². The van der Waals surface area contributed by atoms with E-state index in [2.05, 4.69) is 10.6 Å². The van der Waals surface area contributed by atoms with E-state index in [1.54, 1.807) is 0 Å². The van der Waals surface area contributed by atoms with Gasteiger partial charge in [0, 0.05) is 23.7 Å². The van der Waals surface area contributed by atoms with Crippen LogP contribution in [0.15, 0.2) is 24.3 Å². The predicted molar refractivity (Wildman–Crippen MR) is 83.2 cm³/mol. The number of nitro groups is 1. The fourth-order valence-corrected chi connectivity index (χ4v) is 2.64. The Bertz CT molecular complexity index is 539. The number of nitrogens with zero attached hydrogens (tertiary/aromatic N) is 1. The second-order valence-corrected chi connectivity index (χ2v) is 5.47. The minimum absolute atomic E-state index is 0.0468. The van der Waals surface area contributed by atoms with E-state index in [9.17, 15) is 14.9 Å². The number of hydrogen-bond donors (Lipinski definition) is 2. The minimum Gasteiger partial charge on any atom is -0.360 e. The highest BCUT2D eigenvalue weighted by atomic mass is 32.1. The van der Waals surface area contributed by atoms with Crippen molar-refractivity contribution in [1.82, 2.24) is 10.6 Å². The Kier molecular flexibility index (Phi) is 5.21. The van der Waals surface area contributed by atoms with Gasteiger partial charge in [-0.15, -0.1) is 0 Å². The van der Waals surface area contributed by atoms with Crippen LogP contribution >= 0.6 is 12.2 Å². The molecule has 0 heterocycles. The Morgan fingerprint density at radius 1 is 1.19 bits per heavy atom. The standard InChI is InChI=1S/C14H17N3O3S/c18-13(10-6-8-12(9-7-10)17(19)20)16-14(21)15-11-4-2-1-3-5-11/h6-9,11H,1-5H2,(H2,15,16,18,21). The first kappa shape index (κ1) is 15.4. The van der Waals surface area contributed by atoms with E-state index < -0.39 is 4.92 Å². The first-order valence-corrected chi connectivity index (χ1v) is 7.33. The summed E-state index contributed by atoms with van der Waals surface area (Å²) in [6.07, 6.45) is 5.73. The zero-order valence-corrected chi connectivity index (χ0v) is 12.3. The Morgan fingerprint density at radius 2 is 1.81 bits per heavy atom. The quantitative estimate of drug-likeness (QED) is 0.509. The van der Waals surface area contributed by atoms with Gasteiger partial charge < -0.3 is 5.32 Å². The smallest absolute Gasteiger partial charge is 0.269 e. The van der Waals surface area contributed by atoms with Crippen LogP contribution in [0.25, 0.3) is 0 Å². The average molecular weight is 307 g/mol. The van der Waals surface area contributed by atoms with Crippen molar-refractivity contribution in [2.45, 2.75) is 38.1 Å². The monoisotopic (exact) mass is 307 g/mol. The Labute approximate surface area is 128 Å². The number of carbonyl (C=O) groups excluding carboxylic acids is 1. The summed E-state index contributed by atoms with van der Waals surface area (Å²) >= 11 is 5.13. The largest absolute Gasteiger partial charge is 0.360 e. The third-order valence-electron chi connectivity index (χ3n) is 3.51. The third kappa shape index (κ3) is 4.49. The molecule has 6 nitrogen and oxygen atoms in total. The van der Waals surface area contributed by atoms with Crippen LogP contribution in [0.4, 0.5) is 5.69 Å². The Balaban J connectivity index is 1.87. The zero-order chi connectivity index (χ0) is 15.2. The highest BCUT2D eigenvalue weighted by Crippen LogP contribution is 2.17. The van der Waals surface area contributed by atoms with Crippen molar-refractivity contribution in [2.75, 3.05) is 0 Å². The molecule has 0 aromatic heterocycles. The third-order valence-corrected chi connectivity index (χ3v) is 3.73. The highest BCUT2D eigenvalue weighted by Gasteiger charge is 2.16. The van der Waals surface area contributed by atoms with Gasteiger partial charge in [-0.1, -0.05) is 19.3 Å². The van der Waals surface area contributed by atoms with Crippen molar-refractivity contribution >= 4 is 28.9 Å². The second kappa shape index (κ2) is 7.12. The molecule has 0 atom stereocenters. The molecule has 1 aromatic rings. The maximum Gasteiger partial charge on any atom is 0.269 e. The molecule has 2 rings (SSSR count). The molecule has 1 aliphatic carbocycles. The van der Waals surface area contributed by atoms with Gasteiger partial charge in [-0.25, -0.2) is 0 Å². The van der Waals surface area contributed by atoms with Crippen LogP contribution in [-0.4, -0.2) is 22.0 Å². The van der Waals surface area contributed by atoms with Gasteiger partial charge in [-0.3, -0.25) is 20.2 Å². The molecule has 1 amide bonds. The lowest BCUT2D eigenvalue weighted by atomic mass is 9.96. The molecule has 0 saturated heterocycles. The van der Waals surface area contributed by atoms with E-state index in [0.717, 1.165) is 12.8 Å². The summed E-state index contributed by atoms with van der Waals surface area (Å²) in [6.45, 7) is 0. The molecular formula is C14H17N3O3S. The van der Waals surface area contributed by atoms with E-state index in [1.165, 1.54) is 43.5 Å². The maximum atomic E-state index is 12.0. The van der Waals surface area contributed by atoms with Crippen LogP contribution in [-0.2, 0) is 0 Å². The zero-order valence-electron chi connectivity index (χ0n) is 11.5. The first-order valence-electron chi connectivity index (χ1n) is 6.92. The van der Waals surface area contributed by atoms with E-state index >= 15 is 0 Å². The van der Waals surface area contributed by atoms with Gasteiger partial charge in [0.25, 0.3) is 11.6 Å². The summed E-state index contributed by atoms with van der Waals surface area (Å²) in [4.78, 5) is 22.0. The minimum atomic E-state index is -0.503. The van der Waals surface area contributed by atoms with Crippen LogP contribution in [0.2, 0.25) is 0 Å². The van der Waals surface area contributed by atoms with Gasteiger partial charge in [-0.2, -0.15) is 0 Å². The van der Waals surface area contributed by atoms with Gasteiger partial charge in [0.2, 0.25) is 0 Å². The normalized spacial score (nSPS) is 15.2. The summed E-state index contributed by atoms with van der Waals surface area (Å²) in [5.41, 5.74) is 0.294. The number of thiocarbonyl (C=S) groups is 1. The van der Waals surface area contributed by atoms with Crippen molar-refractivity contribution in [3.63, 3.8) is 0 Å². The van der Waals surface area contributed by atoms with Gasteiger partial charge in [0.05, 0.1) is 4.92 Å². The topological polar surface area (TPSA) is 84.3 Å². The Hall–Kier alpha value is -2.02. The van der Waals surface area contributed by atoms with Crippen LogP contribution in [0.5, 0.6) is 0 Å². The summed E-state index contributed by atoms with van der Waals surface area (Å²) in [5, 5.41) is 16.6. The van der Waals surface area contributed by atoms with E-state index in [-0.39, 0.29) is 11.6 Å². The SMILES string of the molecule is O=C(NC(=S)NC1CCCCC1)c1ccc([N+](=O)[O-])cc1. The van der Waals surface area contributed by atoms with Crippen molar-refractivity contribution in [2.24, 2.45) is 0 Å². The molecule has 0 spiro atoms. The number of nitrogens with one attached hydrogen (secondary N) is 2. The van der Waals surface area contributed by atoms with Gasteiger partial charge in [0.1, 0.15) is 0 Å². The maximum absolute atomic E-state index is 12.0. The first-order chi connectivity index (χ1) is 10.1. The molecule has 0 aliphatic heterocycles. The number of hydrogen-bond acceptors (Lipinski definition) is 4. The van der Waals surface area contributed by atoms with Crippen molar-refractivity contribution in [3.05, 3.63) is 39.9 Å². The lowest BCUT2D eigenvalue weighted by Crippen LogP contribution is -2.44. The molecule has 112 valence electrons. The van der Waals surface area contributed by atoms with Crippen molar-refractivity contribution in [3.8, 4) is 0 Å². The van der Waals surface area contributed by atoms with Crippen LogP contribution < -0.4 is 10.6 Å².